The lowest BCUT2D eigenvalue weighted by Crippen LogP contribution is -2.24. The van der Waals surface area contributed by atoms with Crippen LogP contribution in [0.3, 0.4) is 0 Å². The Hall–Kier alpha value is -1.84. The third-order valence-corrected chi connectivity index (χ3v) is 3.22. The van der Waals surface area contributed by atoms with Crippen molar-refractivity contribution in [1.29, 1.82) is 0 Å². The molecule has 2 aromatic carbocycles. The number of para-hydroxylation sites is 1. The van der Waals surface area contributed by atoms with E-state index in [4.69, 9.17) is 10.5 Å². The molecule has 106 valence electrons. The number of hydrogen-bond acceptors (Lipinski definition) is 3. The van der Waals surface area contributed by atoms with Crippen molar-refractivity contribution in [3.63, 3.8) is 0 Å². The average Bonchev–Trinajstić information content (AvgIpc) is 2.49. The zero-order valence-electron chi connectivity index (χ0n) is 12.0. The van der Waals surface area contributed by atoms with Crippen LogP contribution in [0.15, 0.2) is 54.6 Å². The van der Waals surface area contributed by atoms with Crippen molar-refractivity contribution in [1.82, 2.24) is 4.90 Å². The van der Waals surface area contributed by atoms with Gasteiger partial charge in [-0.2, -0.15) is 0 Å². The maximum Gasteiger partial charge on any atom is 0.123 e. The second kappa shape index (κ2) is 7.68. The van der Waals surface area contributed by atoms with Gasteiger partial charge in [-0.15, -0.1) is 0 Å². The molecule has 0 fully saturated rings. The van der Waals surface area contributed by atoms with Gasteiger partial charge in [0.15, 0.2) is 0 Å². The van der Waals surface area contributed by atoms with Crippen LogP contribution in [-0.2, 0) is 13.1 Å². The van der Waals surface area contributed by atoms with Gasteiger partial charge < -0.3 is 10.5 Å². The topological polar surface area (TPSA) is 38.5 Å². The van der Waals surface area contributed by atoms with Gasteiger partial charge in [-0.25, -0.2) is 0 Å². The summed E-state index contributed by atoms with van der Waals surface area (Å²) in [6, 6.07) is 18.4. The molecule has 0 amide bonds. The van der Waals surface area contributed by atoms with E-state index in [2.05, 4.69) is 36.2 Å². The first-order chi connectivity index (χ1) is 9.79. The molecule has 0 spiro atoms. The molecule has 2 aromatic rings. The molecule has 0 saturated carbocycles. The van der Waals surface area contributed by atoms with Crippen LogP contribution < -0.4 is 10.5 Å². The van der Waals surface area contributed by atoms with E-state index in [0.29, 0.717) is 13.2 Å². The van der Waals surface area contributed by atoms with E-state index in [9.17, 15) is 0 Å². The van der Waals surface area contributed by atoms with E-state index < -0.39 is 0 Å². The van der Waals surface area contributed by atoms with Gasteiger partial charge in [0.2, 0.25) is 0 Å². The average molecular weight is 270 g/mol. The molecule has 0 heterocycles. The molecule has 0 aromatic heterocycles. The van der Waals surface area contributed by atoms with Crippen LogP contribution in [0.5, 0.6) is 5.75 Å². The van der Waals surface area contributed by atoms with Gasteiger partial charge in [-0.1, -0.05) is 48.5 Å². The van der Waals surface area contributed by atoms with Gasteiger partial charge in [0.05, 0.1) is 0 Å². The van der Waals surface area contributed by atoms with E-state index in [1.165, 1.54) is 5.56 Å². The highest BCUT2D eigenvalue weighted by atomic mass is 16.5. The van der Waals surface area contributed by atoms with Gasteiger partial charge in [0, 0.05) is 25.2 Å². The molecule has 0 aliphatic rings. The molecular weight excluding hydrogens is 248 g/mol. The number of nitrogens with two attached hydrogens (primary N) is 1. The minimum atomic E-state index is 0.510. The first-order valence-electron chi connectivity index (χ1n) is 6.93. The van der Waals surface area contributed by atoms with Crippen molar-refractivity contribution < 1.29 is 4.74 Å². The summed E-state index contributed by atoms with van der Waals surface area (Å²) in [4.78, 5) is 2.25. The highest BCUT2D eigenvalue weighted by Gasteiger charge is 2.03. The van der Waals surface area contributed by atoms with E-state index in [1.807, 2.05) is 30.3 Å². The Labute approximate surface area is 121 Å². The monoisotopic (exact) mass is 270 g/mol. The lowest BCUT2D eigenvalue weighted by atomic mass is 10.2. The first kappa shape index (κ1) is 14.6. The largest absolute Gasteiger partial charge is 0.492 e. The van der Waals surface area contributed by atoms with Gasteiger partial charge in [-0.05, 0) is 18.7 Å². The van der Waals surface area contributed by atoms with Crippen LogP contribution in [0.4, 0.5) is 0 Å². The second-order valence-corrected chi connectivity index (χ2v) is 4.88. The summed E-state index contributed by atoms with van der Waals surface area (Å²) in [5.74, 6) is 0.892. The molecule has 0 aliphatic heterocycles. The molecule has 0 radical (unpaired) electrons. The fourth-order valence-corrected chi connectivity index (χ4v) is 2.10. The predicted molar refractivity (Wildman–Crippen MR) is 82.6 cm³/mol. The molecule has 3 nitrogen and oxygen atoms in total. The van der Waals surface area contributed by atoms with Crippen molar-refractivity contribution in [3.05, 3.63) is 65.7 Å². The van der Waals surface area contributed by atoms with Crippen LogP contribution in [0.2, 0.25) is 0 Å². The zero-order valence-corrected chi connectivity index (χ0v) is 12.0. The maximum atomic E-state index is 5.81. The fourth-order valence-electron chi connectivity index (χ4n) is 2.10. The molecule has 0 atom stereocenters. The zero-order chi connectivity index (χ0) is 14.2. The van der Waals surface area contributed by atoms with Crippen molar-refractivity contribution in [3.8, 4) is 5.75 Å². The van der Waals surface area contributed by atoms with E-state index in [-0.39, 0.29) is 0 Å². The fraction of sp³-hybridized carbons (Fsp3) is 0.294. The Balaban J connectivity index is 1.78. The highest BCUT2D eigenvalue weighted by Crippen LogP contribution is 2.16. The number of benzene rings is 2. The summed E-state index contributed by atoms with van der Waals surface area (Å²) in [5, 5.41) is 0. The molecule has 0 saturated heterocycles. The van der Waals surface area contributed by atoms with E-state index in [1.54, 1.807) is 0 Å². The molecule has 2 rings (SSSR count). The van der Waals surface area contributed by atoms with Crippen molar-refractivity contribution >= 4 is 0 Å². The quantitative estimate of drug-likeness (QED) is 0.840. The van der Waals surface area contributed by atoms with Crippen molar-refractivity contribution in [2.24, 2.45) is 5.73 Å². The van der Waals surface area contributed by atoms with Crippen molar-refractivity contribution in [2.75, 3.05) is 20.2 Å². The molecule has 0 bridgehead atoms. The number of rotatable bonds is 7. The Morgan fingerprint density at radius 1 is 1.00 bits per heavy atom. The number of likely N-dealkylation sites (N-methyl/N-ethyl adjacent to an activating group) is 1. The lowest BCUT2D eigenvalue weighted by molar-refractivity contribution is 0.231. The van der Waals surface area contributed by atoms with Crippen LogP contribution in [0.25, 0.3) is 0 Å². The molecule has 20 heavy (non-hydrogen) atoms. The normalized spacial score (nSPS) is 10.8. The molecule has 2 N–H and O–H groups in total. The third kappa shape index (κ3) is 4.37. The summed E-state index contributed by atoms with van der Waals surface area (Å²) < 4.78 is 5.81. The van der Waals surface area contributed by atoms with Gasteiger partial charge >= 0.3 is 0 Å². The van der Waals surface area contributed by atoms with E-state index in [0.717, 1.165) is 24.4 Å². The summed E-state index contributed by atoms with van der Waals surface area (Å²) in [6.07, 6.45) is 0. The second-order valence-electron chi connectivity index (χ2n) is 4.88. The Bertz CT molecular complexity index is 513. The number of nitrogens with zero attached hydrogens (tertiary/aromatic N) is 1. The Kier molecular flexibility index (Phi) is 5.59. The summed E-state index contributed by atoms with van der Waals surface area (Å²) in [7, 11) is 2.10. The standard InChI is InChI=1S/C17H22N2O/c1-19(14-15-7-3-2-4-8-15)11-12-20-17-10-6-5-9-16(17)13-18/h2-10H,11-14,18H2,1H3. The summed E-state index contributed by atoms with van der Waals surface area (Å²) in [6.45, 7) is 2.99. The van der Waals surface area contributed by atoms with Crippen LogP contribution >= 0.6 is 0 Å². The lowest BCUT2D eigenvalue weighted by Gasteiger charge is -2.17. The molecule has 3 heteroatoms. The SMILES string of the molecule is CN(CCOc1ccccc1CN)Cc1ccccc1. The minimum absolute atomic E-state index is 0.510. The summed E-state index contributed by atoms with van der Waals surface area (Å²) >= 11 is 0. The smallest absolute Gasteiger partial charge is 0.123 e. The van der Waals surface area contributed by atoms with Gasteiger partial charge in [0.25, 0.3) is 0 Å². The molecule has 0 unspecified atom stereocenters. The van der Waals surface area contributed by atoms with Crippen molar-refractivity contribution in [2.45, 2.75) is 13.1 Å². The maximum absolute atomic E-state index is 5.81. The first-order valence-corrected chi connectivity index (χ1v) is 6.93. The third-order valence-electron chi connectivity index (χ3n) is 3.22. The predicted octanol–water partition coefficient (Wildman–Crippen LogP) is 2.66. The Morgan fingerprint density at radius 2 is 1.70 bits per heavy atom. The summed E-state index contributed by atoms with van der Waals surface area (Å²) in [5.41, 5.74) is 8.06. The minimum Gasteiger partial charge on any atom is -0.492 e. The number of hydrogen-bond donors (Lipinski definition) is 1. The van der Waals surface area contributed by atoms with Crippen LogP contribution in [0, 0.1) is 0 Å². The Morgan fingerprint density at radius 3 is 2.45 bits per heavy atom. The molecular formula is C17H22N2O. The highest BCUT2D eigenvalue weighted by molar-refractivity contribution is 5.32. The molecule has 0 aliphatic carbocycles. The van der Waals surface area contributed by atoms with Crippen LogP contribution in [-0.4, -0.2) is 25.1 Å². The van der Waals surface area contributed by atoms with E-state index >= 15 is 0 Å². The number of ether oxygens (including phenoxy) is 1. The van der Waals surface area contributed by atoms with Gasteiger partial charge in [-0.3, -0.25) is 4.90 Å². The van der Waals surface area contributed by atoms with Crippen LogP contribution in [0.1, 0.15) is 11.1 Å². The van der Waals surface area contributed by atoms with Gasteiger partial charge in [0.1, 0.15) is 12.4 Å².